The van der Waals surface area contributed by atoms with E-state index in [-0.39, 0.29) is 24.2 Å². The van der Waals surface area contributed by atoms with Crippen LogP contribution in [0.15, 0.2) is 146 Å². The number of fused-ring (bicyclic) bond motifs is 3. The van der Waals surface area contributed by atoms with Crippen LogP contribution < -0.4 is 18.9 Å². The van der Waals surface area contributed by atoms with Crippen LogP contribution >= 0.6 is 0 Å². The van der Waals surface area contributed by atoms with Crippen LogP contribution in [0.2, 0.25) is 0 Å². The van der Waals surface area contributed by atoms with Crippen molar-refractivity contribution in [2.45, 2.75) is 13.0 Å². The van der Waals surface area contributed by atoms with Gasteiger partial charge in [-0.2, -0.15) is 0 Å². The zero-order chi connectivity index (χ0) is 32.2. The molecule has 0 N–H and O–H groups in total. The number of hydrogen-bond donors (Lipinski definition) is 0. The van der Waals surface area contributed by atoms with Crippen molar-refractivity contribution in [2.75, 3.05) is 6.61 Å². The Hall–Kier alpha value is -6.14. The molecular formula is C41H30O6. The molecule has 0 saturated carbocycles. The van der Waals surface area contributed by atoms with E-state index in [1.807, 2.05) is 91.9 Å². The highest BCUT2D eigenvalue weighted by Crippen LogP contribution is 2.49. The number of rotatable bonds is 6. The van der Waals surface area contributed by atoms with Gasteiger partial charge in [0.25, 0.3) is 0 Å². The molecule has 47 heavy (non-hydrogen) atoms. The third kappa shape index (κ3) is 6.35. The van der Waals surface area contributed by atoms with E-state index in [1.54, 1.807) is 60.7 Å². The van der Waals surface area contributed by atoms with Gasteiger partial charge in [-0.05, 0) is 77.7 Å². The molecule has 1 aliphatic heterocycles. The maximum atomic E-state index is 13.5. The minimum absolute atomic E-state index is 0.245. The highest BCUT2D eigenvalue weighted by atomic mass is 16.6. The maximum absolute atomic E-state index is 13.5. The average Bonchev–Trinajstić information content (AvgIpc) is 3.11. The van der Waals surface area contributed by atoms with Crippen LogP contribution in [-0.4, -0.2) is 24.6 Å². The van der Waals surface area contributed by atoms with Gasteiger partial charge in [0.2, 0.25) is 0 Å². The van der Waals surface area contributed by atoms with Crippen molar-refractivity contribution in [3.63, 3.8) is 0 Å². The van der Waals surface area contributed by atoms with Crippen molar-refractivity contribution in [3.05, 3.63) is 157 Å². The summed E-state index contributed by atoms with van der Waals surface area (Å²) in [5, 5.41) is 0. The fourth-order valence-electron chi connectivity index (χ4n) is 5.54. The smallest absolute Gasteiger partial charge is 0.343 e. The standard InChI is InChI=1S/C41H30O6/c1-27-26-44-34-14-8-16-36(46-40(42)32-22-18-30(19-23-32)28-10-4-2-5-11-28)38(34)39-35(45-27)15-9-17-37(39)47-41(43)33-24-20-31(21-25-33)29-12-6-3-7-13-29/h2-25,27H,26H2,1H3. The van der Waals surface area contributed by atoms with E-state index in [0.29, 0.717) is 33.8 Å². The van der Waals surface area contributed by atoms with Crippen molar-refractivity contribution >= 4 is 11.9 Å². The van der Waals surface area contributed by atoms with Crippen LogP contribution in [0.4, 0.5) is 0 Å². The summed E-state index contributed by atoms with van der Waals surface area (Å²) >= 11 is 0. The number of hydrogen-bond acceptors (Lipinski definition) is 6. The average molecular weight is 619 g/mol. The molecule has 6 nitrogen and oxygen atoms in total. The van der Waals surface area contributed by atoms with Gasteiger partial charge in [-0.3, -0.25) is 0 Å². The first-order chi connectivity index (χ1) is 23.0. The van der Waals surface area contributed by atoms with Gasteiger partial charge in [0, 0.05) is 0 Å². The van der Waals surface area contributed by atoms with Crippen LogP contribution in [0.25, 0.3) is 33.4 Å². The van der Waals surface area contributed by atoms with Crippen molar-refractivity contribution in [1.82, 2.24) is 0 Å². The molecule has 1 aliphatic rings. The lowest BCUT2D eigenvalue weighted by molar-refractivity contribution is 0.0720. The van der Waals surface area contributed by atoms with E-state index in [1.165, 1.54) is 0 Å². The Morgan fingerprint density at radius 3 is 1.43 bits per heavy atom. The minimum Gasteiger partial charge on any atom is -0.489 e. The molecule has 0 amide bonds. The van der Waals surface area contributed by atoms with Gasteiger partial charge >= 0.3 is 11.9 Å². The molecule has 230 valence electrons. The molecule has 1 unspecified atom stereocenters. The van der Waals surface area contributed by atoms with Gasteiger partial charge in [0.15, 0.2) is 0 Å². The van der Waals surface area contributed by atoms with E-state index < -0.39 is 11.9 Å². The van der Waals surface area contributed by atoms with E-state index in [4.69, 9.17) is 18.9 Å². The summed E-state index contributed by atoms with van der Waals surface area (Å²) in [6, 6.07) is 44.9. The van der Waals surface area contributed by atoms with Gasteiger partial charge in [-0.15, -0.1) is 0 Å². The summed E-state index contributed by atoms with van der Waals surface area (Å²) in [5.41, 5.74) is 5.75. The molecular weight excluding hydrogens is 588 g/mol. The second kappa shape index (κ2) is 13.1. The van der Waals surface area contributed by atoms with E-state index >= 15 is 0 Å². The number of ether oxygens (including phenoxy) is 4. The Morgan fingerprint density at radius 1 is 0.511 bits per heavy atom. The van der Waals surface area contributed by atoms with Crippen LogP contribution in [0.1, 0.15) is 27.6 Å². The van der Waals surface area contributed by atoms with Crippen molar-refractivity contribution in [2.24, 2.45) is 0 Å². The van der Waals surface area contributed by atoms with E-state index in [0.717, 1.165) is 22.3 Å². The number of benzene rings is 6. The molecule has 0 aliphatic carbocycles. The van der Waals surface area contributed by atoms with Crippen LogP contribution in [0.3, 0.4) is 0 Å². The van der Waals surface area contributed by atoms with Crippen LogP contribution in [-0.2, 0) is 0 Å². The molecule has 0 radical (unpaired) electrons. The molecule has 6 aromatic rings. The first-order valence-corrected chi connectivity index (χ1v) is 15.3. The quantitative estimate of drug-likeness (QED) is 0.137. The Kier molecular flexibility index (Phi) is 8.22. The molecule has 0 spiro atoms. The Labute approximate surface area is 272 Å². The number of esters is 2. The van der Waals surface area contributed by atoms with Gasteiger partial charge in [-0.1, -0.05) is 97.1 Å². The van der Waals surface area contributed by atoms with E-state index in [2.05, 4.69) is 0 Å². The third-order valence-corrected chi connectivity index (χ3v) is 7.89. The summed E-state index contributed by atoms with van der Waals surface area (Å²) in [5.74, 6) is 0.362. The van der Waals surface area contributed by atoms with Gasteiger partial charge < -0.3 is 18.9 Å². The van der Waals surface area contributed by atoms with Crippen molar-refractivity contribution < 1.29 is 28.5 Å². The summed E-state index contributed by atoms with van der Waals surface area (Å²) < 4.78 is 24.4. The summed E-state index contributed by atoms with van der Waals surface area (Å²) in [6.07, 6.45) is -0.298. The fraction of sp³-hybridized carbons (Fsp3) is 0.0732. The Bertz CT molecular complexity index is 2040. The van der Waals surface area contributed by atoms with Crippen LogP contribution in [0, 0.1) is 0 Å². The number of carbonyl (C=O) groups excluding carboxylic acids is 2. The predicted octanol–water partition coefficient (Wildman–Crippen LogP) is 9.29. The third-order valence-electron chi connectivity index (χ3n) is 7.89. The molecule has 0 fully saturated rings. The van der Waals surface area contributed by atoms with Gasteiger partial charge in [-0.25, -0.2) is 9.59 Å². The van der Waals surface area contributed by atoms with Crippen molar-refractivity contribution in [1.29, 1.82) is 0 Å². The fourth-order valence-corrected chi connectivity index (χ4v) is 5.54. The van der Waals surface area contributed by atoms with E-state index in [9.17, 15) is 9.59 Å². The normalized spacial score (nSPS) is 13.4. The summed E-state index contributed by atoms with van der Waals surface area (Å²) in [4.78, 5) is 26.9. The first kappa shape index (κ1) is 29.6. The highest BCUT2D eigenvalue weighted by molar-refractivity contribution is 5.96. The van der Waals surface area contributed by atoms with Crippen LogP contribution in [0.5, 0.6) is 23.0 Å². The second-order valence-electron chi connectivity index (χ2n) is 11.2. The lowest BCUT2D eigenvalue weighted by atomic mass is 10.00. The summed E-state index contributed by atoms with van der Waals surface area (Å²) in [6.45, 7) is 2.16. The lowest BCUT2D eigenvalue weighted by Crippen LogP contribution is -2.23. The lowest BCUT2D eigenvalue weighted by Gasteiger charge is -2.26. The predicted molar refractivity (Wildman–Crippen MR) is 181 cm³/mol. The molecule has 7 rings (SSSR count). The highest BCUT2D eigenvalue weighted by Gasteiger charge is 2.28. The first-order valence-electron chi connectivity index (χ1n) is 15.3. The minimum atomic E-state index is -0.538. The van der Waals surface area contributed by atoms with Gasteiger partial charge in [0.05, 0.1) is 22.3 Å². The monoisotopic (exact) mass is 618 g/mol. The molecule has 0 saturated heterocycles. The Balaban J connectivity index is 1.21. The molecule has 1 atom stereocenters. The molecule has 1 heterocycles. The molecule has 6 heteroatoms. The summed E-state index contributed by atoms with van der Waals surface area (Å²) in [7, 11) is 0. The second-order valence-corrected chi connectivity index (χ2v) is 11.2. The number of carbonyl (C=O) groups is 2. The van der Waals surface area contributed by atoms with Crippen molar-refractivity contribution in [3.8, 4) is 56.4 Å². The Morgan fingerprint density at radius 2 is 0.936 bits per heavy atom. The molecule has 6 aromatic carbocycles. The van der Waals surface area contributed by atoms with Gasteiger partial charge in [0.1, 0.15) is 35.7 Å². The topological polar surface area (TPSA) is 71.1 Å². The maximum Gasteiger partial charge on any atom is 0.343 e. The molecule has 0 bridgehead atoms. The largest absolute Gasteiger partial charge is 0.489 e. The molecule has 0 aromatic heterocycles. The zero-order valence-electron chi connectivity index (χ0n) is 25.6. The SMILES string of the molecule is CC1COc2cccc(OC(=O)c3ccc(-c4ccccc4)cc3)c2-c2c(OC(=O)c3ccc(-c4ccccc4)cc3)cccc2O1. The zero-order valence-corrected chi connectivity index (χ0v) is 25.6.